The highest BCUT2D eigenvalue weighted by Crippen LogP contribution is 2.23. The zero-order chi connectivity index (χ0) is 24.0. The van der Waals surface area contributed by atoms with Gasteiger partial charge in [0.05, 0.1) is 7.11 Å². The van der Waals surface area contributed by atoms with E-state index in [4.69, 9.17) is 9.47 Å². The van der Waals surface area contributed by atoms with Crippen LogP contribution in [0.1, 0.15) is 45.2 Å². The van der Waals surface area contributed by atoms with E-state index in [1.165, 1.54) is 4.90 Å². The Kier molecular flexibility index (Phi) is 7.58. The van der Waals surface area contributed by atoms with Crippen LogP contribution in [0.15, 0.2) is 54.6 Å². The van der Waals surface area contributed by atoms with Crippen molar-refractivity contribution in [2.24, 2.45) is 0 Å². The van der Waals surface area contributed by atoms with Gasteiger partial charge in [0.25, 0.3) is 5.91 Å². The molecule has 3 amide bonds. The maximum absolute atomic E-state index is 13.2. The summed E-state index contributed by atoms with van der Waals surface area (Å²) in [4.78, 5) is 40.4. The first-order valence-electron chi connectivity index (χ1n) is 11.0. The Morgan fingerprint density at radius 3 is 2.30 bits per heavy atom. The quantitative estimate of drug-likeness (QED) is 0.692. The van der Waals surface area contributed by atoms with Gasteiger partial charge in [-0.1, -0.05) is 30.3 Å². The van der Waals surface area contributed by atoms with Crippen LogP contribution >= 0.6 is 0 Å². The van der Waals surface area contributed by atoms with E-state index in [1.54, 1.807) is 76.4 Å². The monoisotopic (exact) mass is 453 g/mol. The lowest BCUT2D eigenvalue weighted by molar-refractivity contribution is -0.129. The summed E-state index contributed by atoms with van der Waals surface area (Å²) < 4.78 is 10.6. The Hall–Kier alpha value is -3.55. The molecule has 0 aliphatic carbocycles. The molecule has 8 heteroatoms. The number of hydrogen-bond acceptors (Lipinski definition) is 5. The topological polar surface area (TPSA) is 97.0 Å². The fourth-order valence-electron chi connectivity index (χ4n) is 3.65. The number of amides is 3. The lowest BCUT2D eigenvalue weighted by Crippen LogP contribution is -2.49. The third-order valence-corrected chi connectivity index (χ3v) is 5.22. The molecule has 0 aromatic heterocycles. The van der Waals surface area contributed by atoms with E-state index >= 15 is 0 Å². The highest BCUT2D eigenvalue weighted by molar-refractivity contribution is 5.99. The SMILES string of the molecule is COc1ccc(NC(=O)[C@@H](NC(=O)[C@H]2CCCN2C(=O)OC(C)(C)C)c2ccccc2)cc1. The maximum atomic E-state index is 13.2. The van der Waals surface area contributed by atoms with E-state index in [2.05, 4.69) is 10.6 Å². The zero-order valence-electron chi connectivity index (χ0n) is 19.5. The zero-order valence-corrected chi connectivity index (χ0v) is 19.5. The molecule has 0 unspecified atom stereocenters. The summed E-state index contributed by atoms with van der Waals surface area (Å²) in [6.07, 6.45) is 0.664. The third kappa shape index (κ3) is 6.47. The van der Waals surface area contributed by atoms with E-state index < -0.39 is 29.7 Å². The maximum Gasteiger partial charge on any atom is 0.410 e. The minimum absolute atomic E-state index is 0.387. The van der Waals surface area contributed by atoms with Gasteiger partial charge in [0.2, 0.25) is 5.91 Å². The number of rotatable bonds is 6. The van der Waals surface area contributed by atoms with Crippen molar-refractivity contribution < 1.29 is 23.9 Å². The van der Waals surface area contributed by atoms with Crippen molar-refractivity contribution in [3.05, 3.63) is 60.2 Å². The number of carbonyl (C=O) groups is 3. The van der Waals surface area contributed by atoms with Crippen LogP contribution in [0.5, 0.6) is 5.75 Å². The van der Waals surface area contributed by atoms with Crippen molar-refractivity contribution in [1.82, 2.24) is 10.2 Å². The molecule has 1 fully saturated rings. The molecule has 0 bridgehead atoms. The van der Waals surface area contributed by atoms with Crippen molar-refractivity contribution in [3.8, 4) is 5.75 Å². The Morgan fingerprint density at radius 1 is 1.03 bits per heavy atom. The number of carbonyl (C=O) groups excluding carboxylic acids is 3. The van der Waals surface area contributed by atoms with Gasteiger partial charge in [0.15, 0.2) is 0 Å². The lowest BCUT2D eigenvalue weighted by Gasteiger charge is -2.29. The van der Waals surface area contributed by atoms with E-state index in [9.17, 15) is 14.4 Å². The van der Waals surface area contributed by atoms with Crippen molar-refractivity contribution in [3.63, 3.8) is 0 Å². The molecule has 3 rings (SSSR count). The van der Waals surface area contributed by atoms with Gasteiger partial charge in [-0.05, 0) is 63.4 Å². The van der Waals surface area contributed by atoms with Crippen LogP contribution < -0.4 is 15.4 Å². The van der Waals surface area contributed by atoms with Crippen LogP contribution in [0, 0.1) is 0 Å². The summed E-state index contributed by atoms with van der Waals surface area (Å²) in [5.41, 5.74) is 0.553. The van der Waals surface area contributed by atoms with Gasteiger partial charge in [-0.2, -0.15) is 0 Å². The number of methoxy groups -OCH3 is 1. The van der Waals surface area contributed by atoms with Crippen LogP contribution in [-0.2, 0) is 14.3 Å². The van der Waals surface area contributed by atoms with Crippen LogP contribution in [0.3, 0.4) is 0 Å². The number of anilines is 1. The first-order chi connectivity index (χ1) is 15.7. The van der Waals surface area contributed by atoms with Crippen LogP contribution in [0.4, 0.5) is 10.5 Å². The normalized spacial score (nSPS) is 16.6. The number of likely N-dealkylation sites (tertiary alicyclic amines) is 1. The van der Waals surface area contributed by atoms with Gasteiger partial charge in [-0.25, -0.2) is 4.79 Å². The van der Waals surface area contributed by atoms with Crippen molar-refractivity contribution in [2.75, 3.05) is 19.0 Å². The lowest BCUT2D eigenvalue weighted by atomic mass is 10.0. The Morgan fingerprint density at radius 2 is 1.70 bits per heavy atom. The minimum Gasteiger partial charge on any atom is -0.497 e. The molecular weight excluding hydrogens is 422 g/mol. The molecule has 33 heavy (non-hydrogen) atoms. The van der Waals surface area contributed by atoms with Crippen molar-refractivity contribution in [1.29, 1.82) is 0 Å². The molecule has 1 aliphatic rings. The average molecular weight is 454 g/mol. The average Bonchev–Trinajstić information content (AvgIpc) is 3.27. The number of nitrogens with zero attached hydrogens (tertiary/aromatic N) is 1. The molecule has 2 aromatic carbocycles. The van der Waals surface area contributed by atoms with Crippen LogP contribution in [-0.4, -0.2) is 48.1 Å². The summed E-state index contributed by atoms with van der Waals surface area (Å²) in [7, 11) is 1.57. The van der Waals surface area contributed by atoms with Crippen molar-refractivity contribution >= 4 is 23.6 Å². The molecular formula is C25H31N3O5. The van der Waals surface area contributed by atoms with E-state index in [-0.39, 0.29) is 5.91 Å². The number of ether oxygens (including phenoxy) is 2. The Labute approximate surface area is 194 Å². The van der Waals surface area contributed by atoms with Crippen molar-refractivity contribution in [2.45, 2.75) is 51.3 Å². The summed E-state index contributed by atoms with van der Waals surface area (Å²) in [6, 6.07) is 14.3. The molecule has 1 heterocycles. The number of nitrogens with one attached hydrogen (secondary N) is 2. The third-order valence-electron chi connectivity index (χ3n) is 5.22. The smallest absolute Gasteiger partial charge is 0.410 e. The standard InChI is InChI=1S/C25H31N3O5/c1-25(2,3)33-24(31)28-16-8-11-20(28)22(29)27-21(17-9-6-5-7-10-17)23(30)26-18-12-14-19(32-4)15-13-18/h5-7,9-10,12-15,20-21H,8,11,16H2,1-4H3,(H,26,30)(H,27,29)/t20-,21+/m1/s1. The predicted octanol–water partition coefficient (Wildman–Crippen LogP) is 3.89. The van der Waals surface area contributed by atoms with E-state index in [1.807, 2.05) is 6.07 Å². The number of benzene rings is 2. The van der Waals surface area contributed by atoms with Gasteiger partial charge in [-0.3, -0.25) is 14.5 Å². The summed E-state index contributed by atoms with van der Waals surface area (Å²) >= 11 is 0. The second-order valence-corrected chi connectivity index (χ2v) is 8.90. The van der Waals surface area contributed by atoms with Gasteiger partial charge in [-0.15, -0.1) is 0 Å². The van der Waals surface area contributed by atoms with Gasteiger partial charge >= 0.3 is 6.09 Å². The van der Waals surface area contributed by atoms with E-state index in [0.29, 0.717) is 36.4 Å². The van der Waals surface area contributed by atoms with E-state index in [0.717, 1.165) is 0 Å². The van der Waals surface area contributed by atoms with Gasteiger partial charge in [0, 0.05) is 12.2 Å². The van der Waals surface area contributed by atoms with Crippen LogP contribution in [0.25, 0.3) is 0 Å². The minimum atomic E-state index is -0.929. The molecule has 2 atom stereocenters. The molecule has 8 nitrogen and oxygen atoms in total. The largest absolute Gasteiger partial charge is 0.497 e. The first-order valence-corrected chi connectivity index (χ1v) is 11.0. The molecule has 0 saturated carbocycles. The molecule has 1 aliphatic heterocycles. The molecule has 2 aromatic rings. The van der Waals surface area contributed by atoms with Crippen LogP contribution in [0.2, 0.25) is 0 Å². The fourth-order valence-corrected chi connectivity index (χ4v) is 3.65. The molecule has 0 radical (unpaired) electrons. The predicted molar refractivity (Wildman–Crippen MR) is 125 cm³/mol. The molecule has 1 saturated heterocycles. The Balaban J connectivity index is 1.76. The Bertz CT molecular complexity index is 970. The highest BCUT2D eigenvalue weighted by atomic mass is 16.6. The second-order valence-electron chi connectivity index (χ2n) is 8.90. The van der Waals surface area contributed by atoms with Gasteiger partial charge < -0.3 is 20.1 Å². The highest BCUT2D eigenvalue weighted by Gasteiger charge is 2.38. The summed E-state index contributed by atoms with van der Waals surface area (Å²) in [5, 5.41) is 5.68. The molecule has 2 N–H and O–H groups in total. The summed E-state index contributed by atoms with van der Waals surface area (Å²) in [5.74, 6) is -0.108. The molecule has 176 valence electrons. The van der Waals surface area contributed by atoms with Gasteiger partial charge in [0.1, 0.15) is 23.4 Å². The number of hydrogen-bond donors (Lipinski definition) is 2. The summed E-state index contributed by atoms with van der Waals surface area (Å²) in [6.45, 7) is 5.78. The fraction of sp³-hybridized carbons (Fsp3) is 0.400. The first kappa shape index (κ1) is 24.1. The molecule has 0 spiro atoms. The second kappa shape index (κ2) is 10.4.